The summed E-state index contributed by atoms with van der Waals surface area (Å²) in [5, 5.41) is 2.97. The van der Waals surface area contributed by atoms with E-state index in [9.17, 15) is 0 Å². The summed E-state index contributed by atoms with van der Waals surface area (Å²) in [5.74, 6) is 0.838. The van der Waals surface area contributed by atoms with Gasteiger partial charge >= 0.3 is 0 Å². The molecule has 0 spiro atoms. The topological polar surface area (TPSA) is 22.1 Å². The first-order valence-electron chi connectivity index (χ1n) is 4.55. The number of thiazole rings is 1. The molecule has 1 aromatic heterocycles. The van der Waals surface area contributed by atoms with Crippen molar-refractivity contribution in [2.24, 2.45) is 0 Å². The van der Waals surface area contributed by atoms with Gasteiger partial charge in [0.25, 0.3) is 0 Å². The minimum atomic E-state index is 0.838. The number of methoxy groups -OCH3 is 1. The molecule has 0 saturated carbocycles. The monoisotopic (exact) mass is 217 g/mol. The molecule has 0 unspecified atom stereocenters. The zero-order valence-corrected chi connectivity index (χ0v) is 9.25. The van der Waals surface area contributed by atoms with Crippen molar-refractivity contribution in [3.05, 3.63) is 41.9 Å². The Labute approximate surface area is 92.9 Å². The van der Waals surface area contributed by atoms with Crippen molar-refractivity contribution in [1.29, 1.82) is 0 Å². The third-order valence-corrected chi connectivity index (χ3v) is 2.95. The lowest BCUT2D eigenvalue weighted by atomic mass is 10.1. The zero-order valence-electron chi connectivity index (χ0n) is 8.43. The largest absolute Gasteiger partial charge is 0.497 e. The molecule has 0 radical (unpaired) electrons. The maximum absolute atomic E-state index is 5.16. The van der Waals surface area contributed by atoms with Crippen LogP contribution in [-0.4, -0.2) is 12.1 Å². The van der Waals surface area contributed by atoms with Gasteiger partial charge in [-0.2, -0.15) is 0 Å². The van der Waals surface area contributed by atoms with Crippen LogP contribution in [0.25, 0.3) is 16.6 Å². The van der Waals surface area contributed by atoms with Crippen LogP contribution < -0.4 is 4.74 Å². The van der Waals surface area contributed by atoms with Gasteiger partial charge in [0.05, 0.1) is 7.11 Å². The molecule has 0 saturated heterocycles. The summed E-state index contributed by atoms with van der Waals surface area (Å²) in [5.41, 5.74) is 2.14. The first kappa shape index (κ1) is 9.93. The molecule has 0 aliphatic carbocycles. The molecule has 0 bridgehead atoms. The Morgan fingerprint density at radius 1 is 1.47 bits per heavy atom. The molecule has 2 rings (SSSR count). The minimum Gasteiger partial charge on any atom is -0.497 e. The normalized spacial score (nSPS) is 9.93. The number of ether oxygens (including phenoxy) is 1. The highest BCUT2D eigenvalue weighted by atomic mass is 32.1. The highest BCUT2D eigenvalue weighted by Gasteiger charge is 2.06. The van der Waals surface area contributed by atoms with Crippen LogP contribution in [0.15, 0.2) is 36.4 Å². The van der Waals surface area contributed by atoms with Crippen molar-refractivity contribution in [2.75, 3.05) is 7.11 Å². The van der Waals surface area contributed by atoms with Crippen molar-refractivity contribution < 1.29 is 4.74 Å². The fraction of sp³-hybridized carbons (Fsp3) is 0.0833. The van der Waals surface area contributed by atoms with E-state index in [4.69, 9.17) is 4.74 Å². The SMILES string of the molecule is C=Cc1cc(OC)ccc1-c1nccs1. The minimum absolute atomic E-state index is 0.838. The third-order valence-electron chi connectivity index (χ3n) is 2.14. The Morgan fingerprint density at radius 2 is 2.33 bits per heavy atom. The molecule has 0 amide bonds. The van der Waals surface area contributed by atoms with Crippen LogP contribution in [0.5, 0.6) is 5.75 Å². The molecule has 15 heavy (non-hydrogen) atoms. The van der Waals surface area contributed by atoms with E-state index in [1.54, 1.807) is 24.6 Å². The average Bonchev–Trinajstić information content (AvgIpc) is 2.81. The van der Waals surface area contributed by atoms with Crippen LogP contribution >= 0.6 is 11.3 Å². The maximum atomic E-state index is 5.16. The Bertz CT molecular complexity index is 462. The number of benzene rings is 1. The van der Waals surface area contributed by atoms with Gasteiger partial charge in [-0.1, -0.05) is 12.7 Å². The van der Waals surface area contributed by atoms with Crippen LogP contribution in [-0.2, 0) is 0 Å². The summed E-state index contributed by atoms with van der Waals surface area (Å²) in [6.07, 6.45) is 3.62. The van der Waals surface area contributed by atoms with Crippen LogP contribution in [0.1, 0.15) is 5.56 Å². The summed E-state index contributed by atoms with van der Waals surface area (Å²) < 4.78 is 5.16. The Morgan fingerprint density at radius 3 is 2.93 bits per heavy atom. The van der Waals surface area contributed by atoms with Gasteiger partial charge in [-0.3, -0.25) is 0 Å². The first-order valence-corrected chi connectivity index (χ1v) is 5.43. The van der Waals surface area contributed by atoms with Crippen LogP contribution in [0.3, 0.4) is 0 Å². The van der Waals surface area contributed by atoms with E-state index < -0.39 is 0 Å². The third kappa shape index (κ3) is 1.92. The van der Waals surface area contributed by atoms with Gasteiger partial charge in [0, 0.05) is 17.1 Å². The fourth-order valence-corrected chi connectivity index (χ4v) is 2.07. The van der Waals surface area contributed by atoms with E-state index >= 15 is 0 Å². The number of hydrogen-bond acceptors (Lipinski definition) is 3. The highest BCUT2D eigenvalue weighted by Crippen LogP contribution is 2.29. The Kier molecular flexibility index (Phi) is 2.83. The van der Waals surface area contributed by atoms with Gasteiger partial charge in [-0.25, -0.2) is 4.98 Å². The standard InChI is InChI=1S/C12H11NOS/c1-3-9-8-10(14-2)4-5-11(9)12-13-6-7-15-12/h3-8H,1H2,2H3. The van der Waals surface area contributed by atoms with Gasteiger partial charge in [-0.15, -0.1) is 11.3 Å². The quantitative estimate of drug-likeness (QED) is 0.785. The van der Waals surface area contributed by atoms with Crippen molar-refractivity contribution in [2.45, 2.75) is 0 Å². The molecule has 76 valence electrons. The Balaban J connectivity index is 2.52. The molecule has 0 atom stereocenters. The molecule has 3 heteroatoms. The second-order valence-electron chi connectivity index (χ2n) is 2.99. The summed E-state index contributed by atoms with van der Waals surface area (Å²) in [6.45, 7) is 3.80. The summed E-state index contributed by atoms with van der Waals surface area (Å²) >= 11 is 1.62. The number of rotatable bonds is 3. The molecular formula is C12H11NOS. The molecule has 2 aromatic rings. The van der Waals surface area contributed by atoms with Gasteiger partial charge in [0.1, 0.15) is 10.8 Å². The average molecular weight is 217 g/mol. The van der Waals surface area contributed by atoms with E-state index in [0.717, 1.165) is 21.9 Å². The van der Waals surface area contributed by atoms with E-state index in [1.165, 1.54) is 0 Å². The number of hydrogen-bond donors (Lipinski definition) is 0. The van der Waals surface area contributed by atoms with E-state index in [1.807, 2.05) is 29.7 Å². The van der Waals surface area contributed by atoms with Crippen molar-refractivity contribution in [3.63, 3.8) is 0 Å². The van der Waals surface area contributed by atoms with Gasteiger partial charge in [0.2, 0.25) is 0 Å². The molecule has 1 aromatic carbocycles. The van der Waals surface area contributed by atoms with Crippen LogP contribution in [0.2, 0.25) is 0 Å². The maximum Gasteiger partial charge on any atom is 0.123 e. The fourth-order valence-electron chi connectivity index (χ4n) is 1.39. The molecule has 0 aliphatic heterocycles. The van der Waals surface area contributed by atoms with E-state index in [2.05, 4.69) is 11.6 Å². The van der Waals surface area contributed by atoms with Crippen LogP contribution in [0, 0.1) is 0 Å². The summed E-state index contributed by atoms with van der Waals surface area (Å²) in [6, 6.07) is 5.90. The number of nitrogens with zero attached hydrogens (tertiary/aromatic N) is 1. The predicted molar refractivity (Wildman–Crippen MR) is 64.2 cm³/mol. The van der Waals surface area contributed by atoms with Gasteiger partial charge in [-0.05, 0) is 23.8 Å². The predicted octanol–water partition coefficient (Wildman–Crippen LogP) is 3.46. The van der Waals surface area contributed by atoms with Gasteiger partial charge < -0.3 is 4.74 Å². The lowest BCUT2D eigenvalue weighted by Gasteiger charge is -2.05. The molecule has 0 aliphatic rings. The lowest BCUT2D eigenvalue weighted by Crippen LogP contribution is -1.86. The summed E-state index contributed by atoms with van der Waals surface area (Å²) in [7, 11) is 1.66. The lowest BCUT2D eigenvalue weighted by molar-refractivity contribution is 0.415. The zero-order chi connectivity index (χ0) is 10.7. The second-order valence-corrected chi connectivity index (χ2v) is 3.89. The van der Waals surface area contributed by atoms with E-state index in [0.29, 0.717) is 0 Å². The van der Waals surface area contributed by atoms with E-state index in [-0.39, 0.29) is 0 Å². The van der Waals surface area contributed by atoms with Crippen molar-refractivity contribution in [1.82, 2.24) is 4.98 Å². The van der Waals surface area contributed by atoms with Crippen molar-refractivity contribution in [3.8, 4) is 16.3 Å². The van der Waals surface area contributed by atoms with Crippen molar-refractivity contribution >= 4 is 17.4 Å². The molecule has 1 heterocycles. The highest BCUT2D eigenvalue weighted by molar-refractivity contribution is 7.13. The summed E-state index contributed by atoms with van der Waals surface area (Å²) in [4.78, 5) is 4.28. The smallest absolute Gasteiger partial charge is 0.123 e. The second kappa shape index (κ2) is 4.28. The molecule has 0 N–H and O–H groups in total. The molecule has 0 fully saturated rings. The molecule has 2 nitrogen and oxygen atoms in total. The van der Waals surface area contributed by atoms with Crippen LogP contribution in [0.4, 0.5) is 0 Å². The number of aromatic nitrogens is 1. The molecular weight excluding hydrogens is 206 g/mol. The first-order chi connectivity index (χ1) is 7.35. The Hall–Kier alpha value is -1.61. The van der Waals surface area contributed by atoms with Gasteiger partial charge in [0.15, 0.2) is 0 Å².